The van der Waals surface area contributed by atoms with E-state index >= 15 is 0 Å². The molecular formula is C30H33N5O4. The van der Waals surface area contributed by atoms with Crippen molar-refractivity contribution in [1.82, 2.24) is 23.8 Å². The molecule has 0 spiro atoms. The summed E-state index contributed by atoms with van der Waals surface area (Å²) in [6.07, 6.45) is 10.8. The van der Waals surface area contributed by atoms with E-state index in [9.17, 15) is 14.7 Å². The number of carbonyl (C=O) groups is 2. The summed E-state index contributed by atoms with van der Waals surface area (Å²) in [7, 11) is 0. The van der Waals surface area contributed by atoms with Gasteiger partial charge < -0.3 is 19.3 Å². The van der Waals surface area contributed by atoms with Gasteiger partial charge in [0.15, 0.2) is 5.76 Å². The lowest BCUT2D eigenvalue weighted by Crippen LogP contribution is -2.31. The number of aryl methyl sites for hydroxylation is 2. The minimum atomic E-state index is -0.763. The lowest BCUT2D eigenvalue weighted by atomic mass is 9.96. The van der Waals surface area contributed by atoms with Gasteiger partial charge in [-0.05, 0) is 49.6 Å². The van der Waals surface area contributed by atoms with Gasteiger partial charge in [0.25, 0.3) is 11.7 Å². The number of nitrogens with zero attached hydrogens (tertiary/aromatic N) is 5. The fraction of sp³-hybridized carbons (Fsp3) is 0.333. The van der Waals surface area contributed by atoms with Crippen LogP contribution in [0, 0.1) is 6.92 Å². The number of ether oxygens (including phenoxy) is 1. The average Bonchev–Trinajstić information content (AvgIpc) is 3.64. The molecule has 1 aliphatic rings. The quantitative estimate of drug-likeness (QED) is 0.129. The zero-order valence-corrected chi connectivity index (χ0v) is 22.3. The van der Waals surface area contributed by atoms with E-state index < -0.39 is 17.7 Å². The van der Waals surface area contributed by atoms with E-state index in [1.807, 2.05) is 53.2 Å². The van der Waals surface area contributed by atoms with Crippen LogP contribution in [0.4, 0.5) is 0 Å². The normalized spacial score (nSPS) is 16.9. The van der Waals surface area contributed by atoms with Gasteiger partial charge in [-0.15, -0.1) is 0 Å². The number of fused-ring (bicyclic) bond motifs is 1. The van der Waals surface area contributed by atoms with Gasteiger partial charge in [-0.1, -0.05) is 38.0 Å². The molecule has 9 heteroatoms. The van der Waals surface area contributed by atoms with Crippen LogP contribution >= 0.6 is 0 Å². The van der Waals surface area contributed by atoms with Gasteiger partial charge in [-0.2, -0.15) is 0 Å². The molecule has 1 aliphatic heterocycles. The molecule has 39 heavy (non-hydrogen) atoms. The van der Waals surface area contributed by atoms with Crippen molar-refractivity contribution >= 4 is 23.1 Å². The number of ketones is 1. The maximum absolute atomic E-state index is 13.5. The van der Waals surface area contributed by atoms with E-state index in [1.54, 1.807) is 34.9 Å². The number of pyridine rings is 1. The molecule has 1 aromatic carbocycles. The number of hydrogen-bond donors (Lipinski definition) is 1. The summed E-state index contributed by atoms with van der Waals surface area (Å²) in [4.78, 5) is 37.1. The van der Waals surface area contributed by atoms with Gasteiger partial charge in [0.1, 0.15) is 17.1 Å². The summed E-state index contributed by atoms with van der Waals surface area (Å²) >= 11 is 0. The van der Waals surface area contributed by atoms with Crippen LogP contribution in [-0.2, 0) is 16.1 Å². The Kier molecular flexibility index (Phi) is 7.76. The molecular weight excluding hydrogens is 494 g/mol. The third kappa shape index (κ3) is 5.30. The summed E-state index contributed by atoms with van der Waals surface area (Å²) in [5.74, 6) is -0.910. The van der Waals surface area contributed by atoms with Crippen molar-refractivity contribution in [3.63, 3.8) is 0 Å². The van der Waals surface area contributed by atoms with Crippen LogP contribution in [0.25, 0.3) is 11.4 Å². The predicted molar refractivity (Wildman–Crippen MR) is 147 cm³/mol. The highest BCUT2D eigenvalue weighted by atomic mass is 16.5. The standard InChI is InChI=1S/C30H33N5O4/c1-3-4-7-18-39-23-11-8-10-22(19-23)27-25(28(36)26-21(2)32-24-12-5-6-15-34(24)26)29(37)30(38)35(27)16-9-14-33-17-13-31-20-33/h5-6,8,10-13,15,17,19-20,27,36H,3-4,7,9,14,16,18H2,1-2H3. The summed E-state index contributed by atoms with van der Waals surface area (Å²) in [6.45, 7) is 5.48. The third-order valence-corrected chi connectivity index (χ3v) is 7.03. The molecule has 4 heterocycles. The van der Waals surface area contributed by atoms with Crippen LogP contribution < -0.4 is 4.74 Å². The largest absolute Gasteiger partial charge is 0.505 e. The SMILES string of the molecule is CCCCCOc1cccc(C2C(=C(O)c3c(C)nc4ccccn34)C(=O)C(=O)N2CCCn2ccnc2)c1. The number of aromatic nitrogens is 4. The summed E-state index contributed by atoms with van der Waals surface area (Å²) < 4.78 is 9.65. The first-order chi connectivity index (χ1) is 19.0. The lowest BCUT2D eigenvalue weighted by Gasteiger charge is -2.26. The number of unbranched alkanes of at least 4 members (excludes halogenated alkanes) is 2. The van der Waals surface area contributed by atoms with Crippen molar-refractivity contribution in [3.8, 4) is 5.75 Å². The number of benzene rings is 1. The van der Waals surface area contributed by atoms with Gasteiger partial charge in [0, 0.05) is 31.7 Å². The first-order valence-electron chi connectivity index (χ1n) is 13.4. The van der Waals surface area contributed by atoms with E-state index in [1.165, 1.54) is 0 Å². The number of aliphatic hydroxyl groups is 1. The van der Waals surface area contributed by atoms with Gasteiger partial charge in [0.2, 0.25) is 0 Å². The zero-order valence-electron chi connectivity index (χ0n) is 22.3. The molecule has 0 radical (unpaired) electrons. The van der Waals surface area contributed by atoms with Crippen molar-refractivity contribution < 1.29 is 19.4 Å². The summed E-state index contributed by atoms with van der Waals surface area (Å²) in [5, 5.41) is 11.6. The molecule has 1 atom stereocenters. The fourth-order valence-electron chi connectivity index (χ4n) is 5.14. The second-order valence-electron chi connectivity index (χ2n) is 9.75. The Morgan fingerprint density at radius 2 is 1.92 bits per heavy atom. The average molecular weight is 528 g/mol. The Bertz CT molecular complexity index is 1500. The second kappa shape index (κ2) is 11.6. The predicted octanol–water partition coefficient (Wildman–Crippen LogP) is 4.92. The molecule has 1 fully saturated rings. The van der Waals surface area contributed by atoms with E-state index in [-0.39, 0.29) is 11.3 Å². The maximum Gasteiger partial charge on any atom is 0.295 e. The van der Waals surface area contributed by atoms with Gasteiger partial charge in [-0.3, -0.25) is 14.0 Å². The smallest absolute Gasteiger partial charge is 0.295 e. The minimum Gasteiger partial charge on any atom is -0.505 e. The molecule has 0 aliphatic carbocycles. The van der Waals surface area contributed by atoms with Crippen molar-refractivity contribution in [2.45, 2.75) is 52.1 Å². The van der Waals surface area contributed by atoms with Crippen molar-refractivity contribution in [2.24, 2.45) is 0 Å². The number of imidazole rings is 2. The number of likely N-dealkylation sites (tertiary alicyclic amines) is 1. The Morgan fingerprint density at radius 3 is 2.72 bits per heavy atom. The molecule has 0 bridgehead atoms. The Labute approximate surface area is 227 Å². The molecule has 202 valence electrons. The third-order valence-electron chi connectivity index (χ3n) is 7.03. The number of Topliss-reactive ketones (excluding diaryl/α,β-unsaturated/α-hetero) is 1. The van der Waals surface area contributed by atoms with Gasteiger partial charge >= 0.3 is 0 Å². The number of carbonyl (C=O) groups excluding carboxylic acids is 2. The Morgan fingerprint density at radius 1 is 1.05 bits per heavy atom. The lowest BCUT2D eigenvalue weighted by molar-refractivity contribution is -0.139. The van der Waals surface area contributed by atoms with E-state index in [4.69, 9.17) is 4.74 Å². The Balaban J connectivity index is 1.55. The number of hydrogen-bond acceptors (Lipinski definition) is 6. The molecule has 5 rings (SSSR count). The van der Waals surface area contributed by atoms with E-state index in [0.717, 1.165) is 19.3 Å². The van der Waals surface area contributed by atoms with Gasteiger partial charge in [0.05, 0.1) is 30.2 Å². The van der Waals surface area contributed by atoms with Crippen LogP contribution in [0.15, 0.2) is 73.0 Å². The molecule has 1 amide bonds. The molecule has 1 saturated heterocycles. The van der Waals surface area contributed by atoms with Crippen LogP contribution in [0.1, 0.15) is 55.6 Å². The summed E-state index contributed by atoms with van der Waals surface area (Å²) in [6, 6.07) is 12.2. The Hall–Kier alpha value is -4.40. The maximum atomic E-state index is 13.5. The van der Waals surface area contributed by atoms with Crippen LogP contribution in [0.3, 0.4) is 0 Å². The van der Waals surface area contributed by atoms with Gasteiger partial charge in [-0.25, -0.2) is 9.97 Å². The van der Waals surface area contributed by atoms with Crippen LogP contribution in [-0.4, -0.2) is 53.8 Å². The highest BCUT2D eigenvalue weighted by Crippen LogP contribution is 2.41. The number of aliphatic hydroxyl groups excluding tert-OH is 1. The molecule has 3 aromatic heterocycles. The number of amides is 1. The molecule has 9 nitrogen and oxygen atoms in total. The highest BCUT2D eigenvalue weighted by Gasteiger charge is 2.46. The fourth-order valence-corrected chi connectivity index (χ4v) is 5.14. The van der Waals surface area contributed by atoms with E-state index in [2.05, 4.69) is 16.9 Å². The van der Waals surface area contributed by atoms with Crippen molar-refractivity contribution in [2.75, 3.05) is 13.2 Å². The topological polar surface area (TPSA) is 102 Å². The molecule has 0 saturated carbocycles. The van der Waals surface area contributed by atoms with E-state index in [0.29, 0.717) is 54.5 Å². The van der Waals surface area contributed by atoms with Crippen molar-refractivity contribution in [1.29, 1.82) is 0 Å². The zero-order chi connectivity index (χ0) is 27.4. The van der Waals surface area contributed by atoms with Crippen LogP contribution in [0.2, 0.25) is 0 Å². The monoisotopic (exact) mass is 527 g/mol. The first-order valence-corrected chi connectivity index (χ1v) is 13.4. The highest BCUT2D eigenvalue weighted by molar-refractivity contribution is 6.46. The first kappa shape index (κ1) is 26.2. The molecule has 4 aromatic rings. The minimum absolute atomic E-state index is 0.0551. The number of rotatable bonds is 11. The molecule has 1 N–H and O–H groups in total. The second-order valence-corrected chi connectivity index (χ2v) is 9.75. The summed E-state index contributed by atoms with van der Waals surface area (Å²) in [5.41, 5.74) is 2.37. The molecule has 1 unspecified atom stereocenters. The van der Waals surface area contributed by atoms with Crippen molar-refractivity contribution in [3.05, 3.63) is 89.9 Å². The van der Waals surface area contributed by atoms with Crippen LogP contribution in [0.5, 0.6) is 5.75 Å².